The van der Waals surface area contributed by atoms with Gasteiger partial charge in [0.05, 0.1) is 7.11 Å². The van der Waals surface area contributed by atoms with E-state index in [-0.39, 0.29) is 5.97 Å². The van der Waals surface area contributed by atoms with Gasteiger partial charge >= 0.3 is 5.97 Å². The molecule has 104 valence electrons. The quantitative estimate of drug-likeness (QED) is 0.361. The van der Waals surface area contributed by atoms with Crippen LogP contribution in [0.1, 0.15) is 53.4 Å². The molecule has 2 heteroatoms. The van der Waals surface area contributed by atoms with Crippen molar-refractivity contribution in [1.82, 2.24) is 0 Å². The molecule has 0 saturated carbocycles. The molecule has 0 aliphatic carbocycles. The number of carbonyl (C=O) groups excluding carboxylic acids is 1. The van der Waals surface area contributed by atoms with Crippen LogP contribution in [0, 0.1) is 11.8 Å². The second kappa shape index (κ2) is 9.93. The average Bonchev–Trinajstić information content (AvgIpc) is 2.28. The van der Waals surface area contributed by atoms with E-state index in [4.69, 9.17) is 0 Å². The molecule has 0 N–H and O–H groups in total. The highest BCUT2D eigenvalue weighted by Gasteiger charge is 2.01. The number of methoxy groups -OCH3 is 1. The van der Waals surface area contributed by atoms with Crippen LogP contribution in [0.3, 0.4) is 0 Å². The zero-order valence-corrected chi connectivity index (χ0v) is 12.5. The highest BCUT2D eigenvalue weighted by molar-refractivity contribution is 5.83. The van der Waals surface area contributed by atoms with Gasteiger partial charge in [-0.05, 0) is 30.8 Å². The fourth-order valence-corrected chi connectivity index (χ4v) is 1.77. The fraction of sp³-hybridized carbons (Fsp3) is 0.688. The van der Waals surface area contributed by atoms with Crippen molar-refractivity contribution in [3.05, 3.63) is 23.8 Å². The van der Waals surface area contributed by atoms with Crippen LogP contribution in [-0.2, 0) is 9.53 Å². The van der Waals surface area contributed by atoms with E-state index < -0.39 is 0 Å². The van der Waals surface area contributed by atoms with E-state index in [1.165, 1.54) is 32.4 Å². The number of hydrogen-bond acceptors (Lipinski definition) is 2. The van der Waals surface area contributed by atoms with E-state index in [2.05, 4.69) is 31.6 Å². The molecule has 0 heterocycles. The average molecular weight is 252 g/mol. The lowest BCUT2D eigenvalue weighted by Gasteiger charge is -2.09. The van der Waals surface area contributed by atoms with E-state index in [1.807, 2.05) is 13.0 Å². The number of hydrogen-bond donors (Lipinski definition) is 0. The summed E-state index contributed by atoms with van der Waals surface area (Å²) in [4.78, 5) is 11.0. The van der Waals surface area contributed by atoms with Crippen molar-refractivity contribution in [2.45, 2.75) is 53.4 Å². The van der Waals surface area contributed by atoms with E-state index in [0.29, 0.717) is 5.92 Å². The van der Waals surface area contributed by atoms with Crippen LogP contribution in [0.2, 0.25) is 0 Å². The third kappa shape index (κ3) is 10.1. The minimum Gasteiger partial charge on any atom is -0.466 e. The summed E-state index contributed by atoms with van der Waals surface area (Å²) in [6.07, 6.45) is 10.6. The van der Waals surface area contributed by atoms with E-state index in [9.17, 15) is 4.79 Å². The van der Waals surface area contributed by atoms with Gasteiger partial charge < -0.3 is 4.74 Å². The fourth-order valence-electron chi connectivity index (χ4n) is 1.77. The molecular weight excluding hydrogens is 224 g/mol. The van der Waals surface area contributed by atoms with Crippen molar-refractivity contribution in [2.24, 2.45) is 11.8 Å². The van der Waals surface area contributed by atoms with Gasteiger partial charge in [-0.15, -0.1) is 0 Å². The number of rotatable bonds is 8. The van der Waals surface area contributed by atoms with Gasteiger partial charge in [0.25, 0.3) is 0 Å². The highest BCUT2D eigenvalue weighted by atomic mass is 16.5. The van der Waals surface area contributed by atoms with Gasteiger partial charge in [0.1, 0.15) is 0 Å². The topological polar surface area (TPSA) is 26.3 Å². The molecule has 0 amide bonds. The molecule has 0 aliphatic rings. The number of esters is 1. The van der Waals surface area contributed by atoms with E-state index >= 15 is 0 Å². The zero-order chi connectivity index (χ0) is 14.0. The number of ether oxygens (including phenoxy) is 1. The van der Waals surface area contributed by atoms with Crippen LogP contribution in [0.25, 0.3) is 0 Å². The molecular formula is C16H28O2. The third-order valence-electron chi connectivity index (χ3n) is 2.94. The molecule has 0 saturated heterocycles. The first-order valence-electron chi connectivity index (χ1n) is 6.88. The maximum absolute atomic E-state index is 11.0. The molecule has 0 aromatic rings. The van der Waals surface area contributed by atoms with Gasteiger partial charge in [0, 0.05) is 6.08 Å². The molecule has 0 aromatic heterocycles. The van der Waals surface area contributed by atoms with Gasteiger partial charge in [0.15, 0.2) is 0 Å². The molecule has 1 atom stereocenters. The summed E-state index contributed by atoms with van der Waals surface area (Å²) in [7, 11) is 1.40. The molecule has 0 aliphatic heterocycles. The molecule has 18 heavy (non-hydrogen) atoms. The summed E-state index contributed by atoms with van der Waals surface area (Å²) in [5.41, 5.74) is 0.941. The van der Waals surface area contributed by atoms with Crippen LogP contribution in [0.5, 0.6) is 0 Å². The van der Waals surface area contributed by atoms with Crippen molar-refractivity contribution in [3.8, 4) is 0 Å². The summed E-state index contributed by atoms with van der Waals surface area (Å²) >= 11 is 0. The molecule has 1 unspecified atom stereocenters. The van der Waals surface area contributed by atoms with Gasteiger partial charge in [-0.3, -0.25) is 0 Å². The maximum atomic E-state index is 11.0. The van der Waals surface area contributed by atoms with Gasteiger partial charge in [-0.25, -0.2) is 4.79 Å². The summed E-state index contributed by atoms with van der Waals surface area (Å²) in [6, 6.07) is 0. The zero-order valence-electron chi connectivity index (χ0n) is 12.5. The second-order valence-corrected chi connectivity index (χ2v) is 5.48. The highest BCUT2D eigenvalue weighted by Crippen LogP contribution is 2.15. The summed E-state index contributed by atoms with van der Waals surface area (Å²) in [6.45, 7) is 8.73. The Labute approximate surface area is 112 Å². The monoisotopic (exact) mass is 252 g/mol. The standard InChI is InChI=1S/C16H28O2/c1-13(2)8-6-9-14(3)10-7-11-15(4)12-16(17)18-5/h7,11-14H,6,8-10H2,1-5H3. The Bertz CT molecular complexity index is 287. The molecule has 0 radical (unpaired) electrons. The van der Waals surface area contributed by atoms with Gasteiger partial charge in [-0.2, -0.15) is 0 Å². The first-order valence-corrected chi connectivity index (χ1v) is 6.88. The largest absolute Gasteiger partial charge is 0.466 e. The van der Waals surface area contributed by atoms with Gasteiger partial charge in [-0.1, -0.05) is 52.2 Å². The minimum atomic E-state index is -0.290. The van der Waals surface area contributed by atoms with Crippen molar-refractivity contribution in [1.29, 1.82) is 0 Å². The lowest BCUT2D eigenvalue weighted by Crippen LogP contribution is -1.96. The van der Waals surface area contributed by atoms with Crippen LogP contribution < -0.4 is 0 Å². The summed E-state index contributed by atoms with van der Waals surface area (Å²) < 4.78 is 4.57. The predicted octanol–water partition coefficient (Wildman–Crippen LogP) is 4.51. The van der Waals surface area contributed by atoms with E-state index in [1.54, 1.807) is 0 Å². The predicted molar refractivity (Wildman–Crippen MR) is 77.4 cm³/mol. The summed E-state index contributed by atoms with van der Waals surface area (Å²) in [5, 5.41) is 0. The van der Waals surface area contributed by atoms with Crippen molar-refractivity contribution >= 4 is 5.97 Å². The lowest BCUT2D eigenvalue weighted by molar-refractivity contribution is -0.134. The van der Waals surface area contributed by atoms with Crippen LogP contribution in [0.4, 0.5) is 0 Å². The van der Waals surface area contributed by atoms with Crippen molar-refractivity contribution in [2.75, 3.05) is 7.11 Å². The molecule has 0 rings (SSSR count). The minimum absolute atomic E-state index is 0.290. The molecule has 0 aromatic carbocycles. The Balaban J connectivity index is 3.86. The maximum Gasteiger partial charge on any atom is 0.330 e. The molecule has 0 spiro atoms. The molecule has 0 bridgehead atoms. The summed E-state index contributed by atoms with van der Waals surface area (Å²) in [5.74, 6) is 1.23. The van der Waals surface area contributed by atoms with Crippen LogP contribution in [0.15, 0.2) is 23.8 Å². The number of allylic oxidation sites excluding steroid dienone is 3. The normalized spacial score (nSPS) is 14.2. The Morgan fingerprint density at radius 2 is 1.89 bits per heavy atom. The molecule has 0 fully saturated rings. The Morgan fingerprint density at radius 1 is 1.22 bits per heavy atom. The molecule has 2 nitrogen and oxygen atoms in total. The van der Waals surface area contributed by atoms with Crippen LogP contribution in [-0.4, -0.2) is 13.1 Å². The van der Waals surface area contributed by atoms with Crippen molar-refractivity contribution < 1.29 is 9.53 Å². The number of carbonyl (C=O) groups is 1. The third-order valence-corrected chi connectivity index (χ3v) is 2.94. The second-order valence-electron chi connectivity index (χ2n) is 5.48. The first-order chi connectivity index (χ1) is 8.45. The Hall–Kier alpha value is -1.05. The lowest BCUT2D eigenvalue weighted by atomic mass is 9.97. The Morgan fingerprint density at radius 3 is 2.44 bits per heavy atom. The smallest absolute Gasteiger partial charge is 0.330 e. The van der Waals surface area contributed by atoms with Crippen LogP contribution >= 0.6 is 0 Å². The van der Waals surface area contributed by atoms with Gasteiger partial charge in [0.2, 0.25) is 0 Å². The van der Waals surface area contributed by atoms with E-state index in [0.717, 1.165) is 17.9 Å². The SMILES string of the molecule is COC(=O)C=C(C)C=CCC(C)CCCC(C)C. The first kappa shape index (κ1) is 16.9. The van der Waals surface area contributed by atoms with Crippen molar-refractivity contribution in [3.63, 3.8) is 0 Å². The Kier molecular flexibility index (Phi) is 9.35.